The average Bonchev–Trinajstić information content (AvgIpc) is 2.86. The summed E-state index contributed by atoms with van der Waals surface area (Å²) in [6.45, 7) is 3.16. The molecule has 1 aromatic carbocycles. The number of furan rings is 1. The molecule has 0 aliphatic rings. The third-order valence-electron chi connectivity index (χ3n) is 3.26. The van der Waals surface area contributed by atoms with Crippen LogP contribution in [0.4, 0.5) is 0 Å². The molecule has 0 spiro atoms. The standard InChI is InChI=1S/C15H20N2O3.ClH/c1-10(7-16)8-17-15(18)5-11-9-20-14-6-12(19-2)3-4-13(11)14;/h3-4,6,9-10H,5,7-8,16H2,1-2H3,(H,17,18);1H. The molecule has 1 amide bonds. The molecule has 0 saturated heterocycles. The molecular formula is C15H21ClN2O3. The van der Waals surface area contributed by atoms with Crippen molar-refractivity contribution in [1.29, 1.82) is 0 Å². The van der Waals surface area contributed by atoms with Gasteiger partial charge in [-0.1, -0.05) is 6.92 Å². The zero-order chi connectivity index (χ0) is 14.5. The van der Waals surface area contributed by atoms with Crippen molar-refractivity contribution < 1.29 is 13.9 Å². The minimum atomic E-state index is -0.0242. The maximum atomic E-state index is 11.9. The Bertz CT molecular complexity index is 598. The molecule has 0 fully saturated rings. The second-order valence-electron chi connectivity index (χ2n) is 4.94. The van der Waals surface area contributed by atoms with Gasteiger partial charge in [0.25, 0.3) is 0 Å². The van der Waals surface area contributed by atoms with E-state index in [9.17, 15) is 4.79 Å². The topological polar surface area (TPSA) is 77.5 Å². The van der Waals surface area contributed by atoms with Crippen molar-refractivity contribution in [3.05, 3.63) is 30.0 Å². The molecular weight excluding hydrogens is 292 g/mol. The van der Waals surface area contributed by atoms with Crippen LogP contribution in [0.1, 0.15) is 12.5 Å². The number of halogens is 1. The van der Waals surface area contributed by atoms with Crippen molar-refractivity contribution >= 4 is 29.3 Å². The van der Waals surface area contributed by atoms with E-state index in [1.807, 2.05) is 25.1 Å². The minimum absolute atomic E-state index is 0. The Morgan fingerprint density at radius 2 is 2.24 bits per heavy atom. The number of methoxy groups -OCH3 is 1. The van der Waals surface area contributed by atoms with E-state index in [1.165, 1.54) is 0 Å². The van der Waals surface area contributed by atoms with Crippen molar-refractivity contribution in [2.75, 3.05) is 20.2 Å². The van der Waals surface area contributed by atoms with Crippen LogP contribution in [-0.4, -0.2) is 26.1 Å². The summed E-state index contributed by atoms with van der Waals surface area (Å²) in [6.07, 6.45) is 1.92. The molecule has 0 aliphatic heterocycles. The highest BCUT2D eigenvalue weighted by Crippen LogP contribution is 2.25. The second kappa shape index (κ2) is 7.90. The summed E-state index contributed by atoms with van der Waals surface area (Å²) in [6, 6.07) is 5.58. The fraction of sp³-hybridized carbons (Fsp3) is 0.400. The summed E-state index contributed by atoms with van der Waals surface area (Å²) in [5.41, 5.74) is 7.12. The van der Waals surface area contributed by atoms with Crippen LogP contribution in [0.15, 0.2) is 28.9 Å². The second-order valence-corrected chi connectivity index (χ2v) is 4.94. The lowest BCUT2D eigenvalue weighted by atomic mass is 10.1. The van der Waals surface area contributed by atoms with Crippen LogP contribution in [0.2, 0.25) is 0 Å². The highest BCUT2D eigenvalue weighted by Gasteiger charge is 2.11. The molecule has 0 radical (unpaired) electrons. The van der Waals surface area contributed by atoms with Gasteiger partial charge in [0.15, 0.2) is 0 Å². The first-order valence-corrected chi connectivity index (χ1v) is 6.65. The van der Waals surface area contributed by atoms with E-state index < -0.39 is 0 Å². The Morgan fingerprint density at radius 3 is 2.90 bits per heavy atom. The third kappa shape index (κ3) is 4.37. The van der Waals surface area contributed by atoms with Gasteiger partial charge in [0.05, 0.1) is 19.8 Å². The zero-order valence-electron chi connectivity index (χ0n) is 12.2. The van der Waals surface area contributed by atoms with Crippen LogP contribution in [0.25, 0.3) is 11.0 Å². The molecule has 0 saturated carbocycles. The minimum Gasteiger partial charge on any atom is -0.497 e. The first kappa shape index (κ1) is 17.3. The average molecular weight is 313 g/mol. The van der Waals surface area contributed by atoms with Gasteiger partial charge in [-0.3, -0.25) is 4.79 Å². The fourth-order valence-electron chi connectivity index (χ4n) is 1.93. The van der Waals surface area contributed by atoms with E-state index in [0.29, 0.717) is 19.5 Å². The Kier molecular flexibility index (Phi) is 6.52. The SMILES string of the molecule is COc1ccc2c(CC(=O)NCC(C)CN)coc2c1.Cl. The number of hydrogen-bond donors (Lipinski definition) is 2. The summed E-state index contributed by atoms with van der Waals surface area (Å²) in [5.74, 6) is 0.993. The van der Waals surface area contributed by atoms with Crippen LogP contribution >= 0.6 is 12.4 Å². The van der Waals surface area contributed by atoms with Crippen molar-refractivity contribution in [3.63, 3.8) is 0 Å². The molecule has 21 heavy (non-hydrogen) atoms. The molecule has 1 aromatic heterocycles. The van der Waals surface area contributed by atoms with Gasteiger partial charge in [0.1, 0.15) is 11.3 Å². The first-order valence-electron chi connectivity index (χ1n) is 6.65. The number of nitrogens with one attached hydrogen (secondary N) is 1. The van der Waals surface area contributed by atoms with Crippen molar-refractivity contribution in [1.82, 2.24) is 5.32 Å². The van der Waals surface area contributed by atoms with Crippen LogP contribution in [0, 0.1) is 5.92 Å². The number of nitrogens with two attached hydrogens (primary N) is 1. The third-order valence-corrected chi connectivity index (χ3v) is 3.26. The van der Waals surface area contributed by atoms with Crippen molar-refractivity contribution in [2.45, 2.75) is 13.3 Å². The molecule has 6 heteroatoms. The van der Waals surface area contributed by atoms with E-state index >= 15 is 0 Å². The molecule has 2 aromatic rings. The molecule has 2 rings (SSSR count). The van der Waals surface area contributed by atoms with E-state index in [2.05, 4.69) is 5.32 Å². The summed E-state index contributed by atoms with van der Waals surface area (Å²) < 4.78 is 10.6. The predicted molar refractivity (Wildman–Crippen MR) is 84.9 cm³/mol. The summed E-state index contributed by atoms with van der Waals surface area (Å²) >= 11 is 0. The summed E-state index contributed by atoms with van der Waals surface area (Å²) in [5, 5.41) is 3.81. The highest BCUT2D eigenvalue weighted by atomic mass is 35.5. The maximum absolute atomic E-state index is 11.9. The molecule has 3 N–H and O–H groups in total. The lowest BCUT2D eigenvalue weighted by molar-refractivity contribution is -0.120. The largest absolute Gasteiger partial charge is 0.497 e. The first-order chi connectivity index (χ1) is 9.63. The van der Waals surface area contributed by atoms with Crippen molar-refractivity contribution in [3.8, 4) is 5.75 Å². The molecule has 0 aliphatic carbocycles. The smallest absolute Gasteiger partial charge is 0.224 e. The van der Waals surface area contributed by atoms with Gasteiger partial charge in [0.2, 0.25) is 5.91 Å². The van der Waals surface area contributed by atoms with Crippen molar-refractivity contribution in [2.24, 2.45) is 11.7 Å². The molecule has 1 atom stereocenters. The molecule has 5 nitrogen and oxygen atoms in total. The van der Waals surface area contributed by atoms with Crippen LogP contribution in [-0.2, 0) is 11.2 Å². The summed E-state index contributed by atoms with van der Waals surface area (Å²) in [7, 11) is 1.61. The van der Waals surface area contributed by atoms with Gasteiger partial charge in [0, 0.05) is 23.6 Å². The molecule has 1 unspecified atom stereocenters. The number of benzene rings is 1. The van der Waals surface area contributed by atoms with Gasteiger partial charge in [-0.2, -0.15) is 0 Å². The number of carbonyl (C=O) groups is 1. The highest BCUT2D eigenvalue weighted by molar-refractivity contribution is 5.88. The number of rotatable bonds is 6. The van der Waals surface area contributed by atoms with Gasteiger partial charge >= 0.3 is 0 Å². The fourth-order valence-corrected chi connectivity index (χ4v) is 1.93. The Morgan fingerprint density at radius 1 is 1.48 bits per heavy atom. The monoisotopic (exact) mass is 312 g/mol. The van der Waals surface area contributed by atoms with Crippen LogP contribution < -0.4 is 15.8 Å². The summed E-state index contributed by atoms with van der Waals surface area (Å²) in [4.78, 5) is 11.9. The number of hydrogen-bond acceptors (Lipinski definition) is 4. The van der Waals surface area contributed by atoms with Gasteiger partial charge in [-0.15, -0.1) is 12.4 Å². The van der Waals surface area contributed by atoms with Crippen LogP contribution in [0.5, 0.6) is 5.75 Å². The van der Waals surface area contributed by atoms with Gasteiger partial charge in [-0.25, -0.2) is 0 Å². The maximum Gasteiger partial charge on any atom is 0.224 e. The van der Waals surface area contributed by atoms with Crippen LogP contribution in [0.3, 0.4) is 0 Å². The van der Waals surface area contributed by atoms with E-state index in [0.717, 1.165) is 22.3 Å². The number of fused-ring (bicyclic) bond motifs is 1. The zero-order valence-corrected chi connectivity index (χ0v) is 13.0. The quantitative estimate of drug-likeness (QED) is 0.856. The van der Waals surface area contributed by atoms with E-state index in [1.54, 1.807) is 13.4 Å². The number of carbonyl (C=O) groups excluding carboxylic acids is 1. The predicted octanol–water partition coefficient (Wildman–Crippen LogP) is 2.12. The van der Waals surface area contributed by atoms with E-state index in [4.69, 9.17) is 14.9 Å². The lowest BCUT2D eigenvalue weighted by Crippen LogP contribution is -2.32. The lowest BCUT2D eigenvalue weighted by Gasteiger charge is -2.09. The number of amides is 1. The van der Waals surface area contributed by atoms with E-state index in [-0.39, 0.29) is 24.2 Å². The molecule has 116 valence electrons. The Hall–Kier alpha value is -1.72. The van der Waals surface area contributed by atoms with Gasteiger partial charge in [-0.05, 0) is 24.6 Å². The molecule has 0 bridgehead atoms. The van der Waals surface area contributed by atoms with Gasteiger partial charge < -0.3 is 20.2 Å². The Balaban J connectivity index is 0.00000220. The normalized spacial score (nSPS) is 11.8. The number of ether oxygens (including phenoxy) is 1. The molecule has 1 heterocycles. The Labute approximate surface area is 130 Å².